The van der Waals surface area contributed by atoms with Gasteiger partial charge in [-0.1, -0.05) is 0 Å². The van der Waals surface area contributed by atoms with Crippen LogP contribution in [0.1, 0.15) is 55.3 Å². The third-order valence-corrected chi connectivity index (χ3v) is 3.83. The van der Waals surface area contributed by atoms with Crippen LogP contribution < -0.4 is 10.9 Å². The van der Waals surface area contributed by atoms with Gasteiger partial charge in [0.1, 0.15) is 5.82 Å². The summed E-state index contributed by atoms with van der Waals surface area (Å²) in [4.78, 5) is 19.4. The minimum atomic E-state index is 0.0923. The summed E-state index contributed by atoms with van der Waals surface area (Å²) in [6.45, 7) is 2.11. The first-order valence-electron chi connectivity index (χ1n) is 6.64. The van der Waals surface area contributed by atoms with Crippen LogP contribution in [0.2, 0.25) is 0 Å². The van der Waals surface area contributed by atoms with E-state index in [1.807, 2.05) is 6.20 Å². The number of aromatic nitrogens is 2. The number of nitrogens with one attached hydrogen (secondary N) is 2. The number of hydrogen-bond donors (Lipinski definition) is 2. The molecule has 1 unspecified atom stereocenters. The third-order valence-electron chi connectivity index (χ3n) is 3.83. The van der Waals surface area contributed by atoms with Crippen LogP contribution in [0.4, 0.5) is 0 Å². The Morgan fingerprint density at radius 1 is 1.12 bits per heavy atom. The molecule has 0 spiro atoms. The summed E-state index contributed by atoms with van der Waals surface area (Å²) in [5.74, 6) is 1.80. The maximum atomic E-state index is 11.9. The fraction of sp³-hybridized carbons (Fsp3) is 0.692. The van der Waals surface area contributed by atoms with Gasteiger partial charge < -0.3 is 10.3 Å². The predicted octanol–water partition coefficient (Wildman–Crippen LogP) is 1.50. The Hall–Kier alpha value is -1.16. The van der Waals surface area contributed by atoms with E-state index in [4.69, 9.17) is 0 Å². The van der Waals surface area contributed by atoms with E-state index in [0.29, 0.717) is 11.8 Å². The Kier molecular flexibility index (Phi) is 2.97. The normalized spacial score (nSPS) is 25.5. The van der Waals surface area contributed by atoms with E-state index in [9.17, 15) is 4.79 Å². The highest BCUT2D eigenvalue weighted by Crippen LogP contribution is 2.38. The molecule has 1 aromatic rings. The van der Waals surface area contributed by atoms with Crippen molar-refractivity contribution >= 4 is 0 Å². The molecule has 2 fully saturated rings. The number of rotatable bonds is 2. The Morgan fingerprint density at radius 2 is 2.00 bits per heavy atom. The van der Waals surface area contributed by atoms with Crippen LogP contribution in [0, 0.1) is 0 Å². The lowest BCUT2D eigenvalue weighted by Gasteiger charge is -2.12. The van der Waals surface area contributed by atoms with E-state index in [1.54, 1.807) is 0 Å². The number of H-pyrrole nitrogens is 1. The molecule has 1 atom stereocenters. The number of hydrogen-bond acceptors (Lipinski definition) is 3. The minimum Gasteiger partial charge on any atom is -0.317 e. The second-order valence-electron chi connectivity index (χ2n) is 5.21. The van der Waals surface area contributed by atoms with Crippen LogP contribution in [0.3, 0.4) is 0 Å². The fourth-order valence-corrected chi connectivity index (χ4v) is 2.60. The maximum absolute atomic E-state index is 11.9. The molecule has 0 amide bonds. The van der Waals surface area contributed by atoms with Gasteiger partial charge in [-0.05, 0) is 51.1 Å². The van der Waals surface area contributed by atoms with Crippen LogP contribution in [-0.4, -0.2) is 23.1 Å². The molecular weight excluding hydrogens is 214 g/mol. The Morgan fingerprint density at radius 3 is 2.76 bits per heavy atom. The van der Waals surface area contributed by atoms with Crippen LogP contribution in [0.5, 0.6) is 0 Å². The van der Waals surface area contributed by atoms with Crippen molar-refractivity contribution in [1.82, 2.24) is 15.3 Å². The standard InChI is InChI=1S/C13H19N3O/c17-13-11(9-3-4-9)8-15-12(16-13)10-2-1-6-14-7-5-10/h8-10,14H,1-7H2,(H,15,16,17). The minimum absolute atomic E-state index is 0.0923. The first kappa shape index (κ1) is 11.0. The zero-order valence-corrected chi connectivity index (χ0v) is 10.0. The molecule has 1 saturated carbocycles. The zero-order chi connectivity index (χ0) is 11.7. The highest BCUT2D eigenvalue weighted by molar-refractivity contribution is 5.18. The topological polar surface area (TPSA) is 57.8 Å². The lowest BCUT2D eigenvalue weighted by Crippen LogP contribution is -2.18. The van der Waals surface area contributed by atoms with E-state index in [-0.39, 0.29) is 5.56 Å². The lowest BCUT2D eigenvalue weighted by atomic mass is 10.00. The van der Waals surface area contributed by atoms with Crippen LogP contribution >= 0.6 is 0 Å². The van der Waals surface area contributed by atoms with Crippen molar-refractivity contribution in [3.8, 4) is 0 Å². The third kappa shape index (κ3) is 2.41. The quantitative estimate of drug-likeness (QED) is 0.814. The van der Waals surface area contributed by atoms with Gasteiger partial charge >= 0.3 is 0 Å². The summed E-state index contributed by atoms with van der Waals surface area (Å²) in [5, 5.41) is 3.38. The van der Waals surface area contributed by atoms with Crippen molar-refractivity contribution in [3.63, 3.8) is 0 Å². The fourth-order valence-electron chi connectivity index (χ4n) is 2.60. The van der Waals surface area contributed by atoms with Gasteiger partial charge in [-0.15, -0.1) is 0 Å². The van der Waals surface area contributed by atoms with Gasteiger partial charge in [-0.2, -0.15) is 0 Å². The van der Waals surface area contributed by atoms with Crippen molar-refractivity contribution in [2.24, 2.45) is 0 Å². The zero-order valence-electron chi connectivity index (χ0n) is 10.0. The van der Waals surface area contributed by atoms with E-state index in [0.717, 1.165) is 50.2 Å². The molecule has 3 rings (SSSR count). The van der Waals surface area contributed by atoms with Gasteiger partial charge in [-0.3, -0.25) is 4.79 Å². The summed E-state index contributed by atoms with van der Waals surface area (Å²) < 4.78 is 0. The van der Waals surface area contributed by atoms with Crippen LogP contribution in [0.25, 0.3) is 0 Å². The van der Waals surface area contributed by atoms with Crippen molar-refractivity contribution < 1.29 is 0 Å². The van der Waals surface area contributed by atoms with Gasteiger partial charge in [0.15, 0.2) is 0 Å². The molecule has 0 bridgehead atoms. The molecule has 2 N–H and O–H groups in total. The molecule has 1 aromatic heterocycles. The maximum Gasteiger partial charge on any atom is 0.254 e. The Bertz CT molecular complexity index is 442. The summed E-state index contributed by atoms with van der Waals surface area (Å²) in [5.41, 5.74) is 0.982. The smallest absolute Gasteiger partial charge is 0.254 e. The molecule has 92 valence electrons. The highest BCUT2D eigenvalue weighted by Gasteiger charge is 2.27. The molecular formula is C13H19N3O. The molecule has 1 aliphatic carbocycles. The number of aromatic amines is 1. The number of nitrogens with zero attached hydrogens (tertiary/aromatic N) is 1. The largest absolute Gasteiger partial charge is 0.317 e. The molecule has 0 radical (unpaired) electrons. The Balaban J connectivity index is 1.82. The molecule has 0 aromatic carbocycles. The van der Waals surface area contributed by atoms with Crippen LogP contribution in [-0.2, 0) is 0 Å². The van der Waals surface area contributed by atoms with Gasteiger partial charge in [-0.25, -0.2) is 4.98 Å². The van der Waals surface area contributed by atoms with Crippen molar-refractivity contribution in [3.05, 3.63) is 27.9 Å². The highest BCUT2D eigenvalue weighted by atomic mass is 16.1. The first-order valence-corrected chi connectivity index (χ1v) is 6.64. The van der Waals surface area contributed by atoms with Gasteiger partial charge in [0.2, 0.25) is 0 Å². The van der Waals surface area contributed by atoms with E-state index in [1.165, 1.54) is 6.42 Å². The molecule has 2 heterocycles. The van der Waals surface area contributed by atoms with Gasteiger partial charge in [0.25, 0.3) is 5.56 Å². The average Bonchev–Trinajstić information content (AvgIpc) is 3.16. The lowest BCUT2D eigenvalue weighted by molar-refractivity contribution is 0.571. The molecule has 4 nitrogen and oxygen atoms in total. The summed E-state index contributed by atoms with van der Waals surface area (Å²) in [7, 11) is 0. The predicted molar refractivity (Wildman–Crippen MR) is 66.3 cm³/mol. The van der Waals surface area contributed by atoms with Gasteiger partial charge in [0.05, 0.1) is 0 Å². The van der Waals surface area contributed by atoms with E-state index < -0.39 is 0 Å². The SMILES string of the molecule is O=c1[nH]c(C2CCCNCC2)ncc1C1CC1. The summed E-state index contributed by atoms with van der Waals surface area (Å²) in [6, 6.07) is 0. The second-order valence-corrected chi connectivity index (χ2v) is 5.21. The molecule has 1 saturated heterocycles. The summed E-state index contributed by atoms with van der Waals surface area (Å²) in [6.07, 6.45) is 7.47. The van der Waals surface area contributed by atoms with Crippen molar-refractivity contribution in [1.29, 1.82) is 0 Å². The van der Waals surface area contributed by atoms with Crippen LogP contribution in [0.15, 0.2) is 11.0 Å². The van der Waals surface area contributed by atoms with Crippen molar-refractivity contribution in [2.45, 2.75) is 43.9 Å². The van der Waals surface area contributed by atoms with E-state index >= 15 is 0 Å². The van der Waals surface area contributed by atoms with E-state index in [2.05, 4.69) is 15.3 Å². The van der Waals surface area contributed by atoms with Gasteiger partial charge in [0, 0.05) is 17.7 Å². The first-order chi connectivity index (χ1) is 8.34. The molecule has 2 aliphatic rings. The molecule has 17 heavy (non-hydrogen) atoms. The second kappa shape index (κ2) is 4.61. The Labute approximate surface area is 101 Å². The summed E-state index contributed by atoms with van der Waals surface area (Å²) >= 11 is 0. The molecule has 4 heteroatoms. The average molecular weight is 233 g/mol. The molecule has 1 aliphatic heterocycles. The van der Waals surface area contributed by atoms with Crippen molar-refractivity contribution in [2.75, 3.05) is 13.1 Å². The monoisotopic (exact) mass is 233 g/mol.